The van der Waals surface area contributed by atoms with E-state index in [0.717, 1.165) is 25.7 Å². The Morgan fingerprint density at radius 3 is 2.56 bits per heavy atom. The molecule has 94 valence electrons. The molecule has 1 aromatic carbocycles. The van der Waals surface area contributed by atoms with E-state index in [9.17, 15) is 9.59 Å². The third kappa shape index (κ3) is 1.78. The van der Waals surface area contributed by atoms with Crippen LogP contribution < -0.4 is 11.3 Å². The molecule has 0 saturated heterocycles. The first-order valence-corrected chi connectivity index (χ1v) is 6.42. The Bertz CT molecular complexity index is 677. The highest BCUT2D eigenvalue weighted by atomic mass is 16.4. The van der Waals surface area contributed by atoms with E-state index in [1.165, 1.54) is 11.0 Å². The normalized spacial score (nSPS) is 17.1. The van der Waals surface area contributed by atoms with Crippen LogP contribution in [0.3, 0.4) is 0 Å². The Kier molecular flexibility index (Phi) is 2.78. The van der Waals surface area contributed by atoms with Gasteiger partial charge in [-0.25, -0.2) is 9.36 Å². The first-order valence-electron chi connectivity index (χ1n) is 6.42. The van der Waals surface area contributed by atoms with Crippen LogP contribution in [0.15, 0.2) is 38.3 Å². The van der Waals surface area contributed by atoms with Crippen molar-refractivity contribution in [2.75, 3.05) is 0 Å². The highest BCUT2D eigenvalue weighted by Crippen LogP contribution is 2.26. The van der Waals surface area contributed by atoms with Gasteiger partial charge in [-0.1, -0.05) is 31.4 Å². The zero-order chi connectivity index (χ0) is 12.5. The van der Waals surface area contributed by atoms with Crippen molar-refractivity contribution in [1.82, 2.24) is 4.57 Å². The lowest BCUT2D eigenvalue weighted by atomic mass is 9.95. The average Bonchev–Trinajstić information content (AvgIpc) is 2.40. The smallest absolute Gasteiger partial charge is 0.409 e. The Morgan fingerprint density at radius 2 is 1.78 bits per heavy atom. The molecule has 1 aromatic heterocycles. The average molecular weight is 245 g/mol. The molecule has 0 N–H and O–H groups in total. The molecule has 1 aliphatic carbocycles. The van der Waals surface area contributed by atoms with Crippen molar-refractivity contribution < 1.29 is 4.42 Å². The molecule has 0 spiro atoms. The Hall–Kier alpha value is -1.84. The van der Waals surface area contributed by atoms with Crippen molar-refractivity contribution >= 4 is 11.0 Å². The molecule has 0 unspecified atom stereocenters. The van der Waals surface area contributed by atoms with Gasteiger partial charge in [0, 0.05) is 6.04 Å². The molecule has 0 atom stereocenters. The third-order valence-electron chi connectivity index (χ3n) is 3.67. The molecule has 1 aliphatic rings. The quantitative estimate of drug-likeness (QED) is 0.775. The zero-order valence-electron chi connectivity index (χ0n) is 10.1. The maximum absolute atomic E-state index is 12.4. The van der Waals surface area contributed by atoms with Crippen molar-refractivity contribution in [3.8, 4) is 0 Å². The van der Waals surface area contributed by atoms with E-state index in [1.807, 2.05) is 0 Å². The number of hydrogen-bond acceptors (Lipinski definition) is 3. The van der Waals surface area contributed by atoms with Crippen molar-refractivity contribution in [3.63, 3.8) is 0 Å². The summed E-state index contributed by atoms with van der Waals surface area (Å²) in [7, 11) is 0. The topological polar surface area (TPSA) is 52.2 Å². The fourth-order valence-corrected chi connectivity index (χ4v) is 2.74. The van der Waals surface area contributed by atoms with Crippen molar-refractivity contribution in [3.05, 3.63) is 45.2 Å². The van der Waals surface area contributed by atoms with E-state index >= 15 is 0 Å². The Labute approximate surface area is 104 Å². The van der Waals surface area contributed by atoms with Gasteiger partial charge in [0.25, 0.3) is 5.56 Å². The summed E-state index contributed by atoms with van der Waals surface area (Å²) in [5.41, 5.74) is 0.160. The van der Waals surface area contributed by atoms with Crippen LogP contribution in [-0.4, -0.2) is 4.57 Å². The monoisotopic (exact) mass is 245 g/mol. The van der Waals surface area contributed by atoms with Gasteiger partial charge in [-0.3, -0.25) is 4.79 Å². The maximum atomic E-state index is 12.4. The van der Waals surface area contributed by atoms with Gasteiger partial charge in [-0.2, -0.15) is 0 Å². The summed E-state index contributed by atoms with van der Waals surface area (Å²) in [6.45, 7) is 0. The summed E-state index contributed by atoms with van der Waals surface area (Å²) >= 11 is 0. The minimum absolute atomic E-state index is 0.00658. The van der Waals surface area contributed by atoms with Crippen LogP contribution >= 0.6 is 0 Å². The van der Waals surface area contributed by atoms with Crippen LogP contribution in [0, 0.1) is 0 Å². The van der Waals surface area contributed by atoms with E-state index in [0.29, 0.717) is 11.0 Å². The van der Waals surface area contributed by atoms with Gasteiger partial charge < -0.3 is 4.42 Å². The van der Waals surface area contributed by atoms with Crippen LogP contribution in [0.1, 0.15) is 38.1 Å². The summed E-state index contributed by atoms with van der Waals surface area (Å²) < 4.78 is 6.54. The van der Waals surface area contributed by atoms with Crippen LogP contribution in [0.4, 0.5) is 0 Å². The molecule has 0 aliphatic heterocycles. The van der Waals surface area contributed by atoms with E-state index in [1.54, 1.807) is 24.3 Å². The number of fused-ring (bicyclic) bond motifs is 1. The maximum Gasteiger partial charge on any atom is 0.422 e. The molecule has 0 radical (unpaired) electrons. The van der Waals surface area contributed by atoms with Crippen LogP contribution in [0.2, 0.25) is 0 Å². The van der Waals surface area contributed by atoms with Gasteiger partial charge in [-0.15, -0.1) is 0 Å². The Balaban J connectivity index is 2.22. The van der Waals surface area contributed by atoms with Gasteiger partial charge >= 0.3 is 5.76 Å². The summed E-state index contributed by atoms with van der Waals surface area (Å²) in [5.74, 6) is -0.523. The van der Waals surface area contributed by atoms with Gasteiger partial charge in [0.1, 0.15) is 5.58 Å². The molecule has 0 amide bonds. The molecule has 18 heavy (non-hydrogen) atoms. The van der Waals surface area contributed by atoms with Crippen LogP contribution in [-0.2, 0) is 0 Å². The molecule has 2 aromatic rings. The minimum Gasteiger partial charge on any atom is -0.409 e. The summed E-state index contributed by atoms with van der Waals surface area (Å²) in [4.78, 5) is 24.3. The summed E-state index contributed by atoms with van der Waals surface area (Å²) in [5, 5.41) is 0.489. The first-order chi connectivity index (χ1) is 8.77. The highest BCUT2D eigenvalue weighted by molar-refractivity contribution is 5.74. The van der Waals surface area contributed by atoms with Crippen molar-refractivity contribution in [2.24, 2.45) is 0 Å². The molecular formula is C14H15NO3. The first kappa shape index (κ1) is 11.3. The standard InChI is InChI=1S/C14H15NO3/c16-13-11-8-4-5-9-12(11)18-14(17)15(13)10-6-2-1-3-7-10/h4-5,8-10H,1-3,6-7H2. The fraction of sp³-hybridized carbons (Fsp3) is 0.429. The zero-order valence-corrected chi connectivity index (χ0v) is 10.1. The Morgan fingerprint density at radius 1 is 1.06 bits per heavy atom. The van der Waals surface area contributed by atoms with E-state index < -0.39 is 5.76 Å². The lowest BCUT2D eigenvalue weighted by molar-refractivity contribution is 0.310. The van der Waals surface area contributed by atoms with Crippen LogP contribution in [0.25, 0.3) is 11.0 Å². The van der Waals surface area contributed by atoms with Crippen molar-refractivity contribution in [1.29, 1.82) is 0 Å². The third-order valence-corrected chi connectivity index (χ3v) is 3.67. The SMILES string of the molecule is O=c1oc2ccccc2c(=O)n1C1CCCCC1. The predicted octanol–water partition coefficient (Wildman–Crippen LogP) is 2.46. The van der Waals surface area contributed by atoms with Crippen LogP contribution in [0.5, 0.6) is 0 Å². The van der Waals surface area contributed by atoms with Crippen molar-refractivity contribution in [2.45, 2.75) is 38.1 Å². The fourth-order valence-electron chi connectivity index (χ4n) is 2.74. The number of aromatic nitrogens is 1. The molecule has 1 fully saturated rings. The van der Waals surface area contributed by atoms with Gasteiger partial charge in [0.05, 0.1) is 5.39 Å². The molecule has 3 rings (SSSR count). The summed E-state index contributed by atoms with van der Waals surface area (Å²) in [6, 6.07) is 6.92. The molecule has 0 bridgehead atoms. The number of hydrogen-bond donors (Lipinski definition) is 0. The number of para-hydroxylation sites is 1. The number of nitrogens with zero attached hydrogens (tertiary/aromatic N) is 1. The lowest BCUT2D eigenvalue weighted by Gasteiger charge is -2.22. The largest absolute Gasteiger partial charge is 0.422 e. The van der Waals surface area contributed by atoms with Gasteiger partial charge in [0.2, 0.25) is 0 Å². The van der Waals surface area contributed by atoms with E-state index in [2.05, 4.69) is 0 Å². The van der Waals surface area contributed by atoms with Gasteiger partial charge in [0.15, 0.2) is 0 Å². The molecule has 4 heteroatoms. The van der Waals surface area contributed by atoms with E-state index in [-0.39, 0.29) is 11.6 Å². The lowest BCUT2D eigenvalue weighted by Crippen LogP contribution is -2.36. The highest BCUT2D eigenvalue weighted by Gasteiger charge is 2.20. The molecular weight excluding hydrogens is 230 g/mol. The number of rotatable bonds is 1. The molecule has 1 heterocycles. The molecule has 4 nitrogen and oxygen atoms in total. The minimum atomic E-state index is -0.523. The second kappa shape index (κ2) is 4.44. The second-order valence-electron chi connectivity index (χ2n) is 4.83. The van der Waals surface area contributed by atoms with Gasteiger partial charge in [-0.05, 0) is 25.0 Å². The van der Waals surface area contributed by atoms with E-state index in [4.69, 9.17) is 4.42 Å². The molecule has 1 saturated carbocycles. The second-order valence-corrected chi connectivity index (χ2v) is 4.83. The summed E-state index contributed by atoms with van der Waals surface area (Å²) in [6.07, 6.45) is 5.11. The number of benzene rings is 1. The predicted molar refractivity (Wildman–Crippen MR) is 68.9 cm³/mol.